The minimum Gasteiger partial charge on any atom is -0.476 e. The average Bonchev–Trinajstić information content (AvgIpc) is 2.93. The van der Waals surface area contributed by atoms with Crippen LogP contribution in [-0.2, 0) is 6.18 Å². The molecule has 1 aromatic heterocycles. The van der Waals surface area contributed by atoms with E-state index in [-0.39, 0.29) is 23.0 Å². The molecule has 0 fully saturated rings. The van der Waals surface area contributed by atoms with E-state index in [1.807, 2.05) is 0 Å². The van der Waals surface area contributed by atoms with Gasteiger partial charge < -0.3 is 15.7 Å². The number of aliphatic imine (C=N–C) groups is 1. The van der Waals surface area contributed by atoms with Gasteiger partial charge >= 0.3 is 12.1 Å². The van der Waals surface area contributed by atoms with Gasteiger partial charge in [-0.1, -0.05) is 0 Å². The summed E-state index contributed by atoms with van der Waals surface area (Å²) in [6.07, 6.45) is -4.51. The number of H-pyrrole nitrogens is 1. The van der Waals surface area contributed by atoms with Crippen LogP contribution in [0.1, 0.15) is 52.7 Å². The Morgan fingerprint density at radius 3 is 2.17 bits per heavy atom. The van der Waals surface area contributed by atoms with Crippen LogP contribution >= 0.6 is 0 Å². The van der Waals surface area contributed by atoms with Crippen molar-refractivity contribution in [3.63, 3.8) is 0 Å². The Kier molecular flexibility index (Phi) is 6.00. The van der Waals surface area contributed by atoms with Gasteiger partial charge in [-0.3, -0.25) is 9.89 Å². The Morgan fingerprint density at radius 1 is 1.14 bits per heavy atom. The number of hydrogen-bond acceptors (Lipinski definition) is 3. The molecule has 0 saturated carbocycles. The van der Waals surface area contributed by atoms with Crippen LogP contribution in [0.15, 0.2) is 29.3 Å². The molecule has 2 aromatic rings. The molecule has 0 radical (unpaired) electrons. The molecule has 0 unspecified atom stereocenters. The lowest BCUT2D eigenvalue weighted by Gasteiger charge is -2.23. The Bertz CT molecular complexity index is 941. The highest BCUT2D eigenvalue weighted by Crippen LogP contribution is 2.29. The number of guanidine groups is 1. The van der Waals surface area contributed by atoms with E-state index in [1.54, 1.807) is 20.8 Å². The Morgan fingerprint density at radius 2 is 1.72 bits per heavy atom. The smallest absolute Gasteiger partial charge is 0.416 e. The second-order valence-corrected chi connectivity index (χ2v) is 7.22. The molecule has 0 aliphatic heterocycles. The summed E-state index contributed by atoms with van der Waals surface area (Å²) in [5.41, 5.74) is -1.35. The minimum atomic E-state index is -4.51. The molecule has 4 N–H and O–H groups in total. The zero-order valence-corrected chi connectivity index (χ0v) is 16.1. The van der Waals surface area contributed by atoms with E-state index in [0.717, 1.165) is 24.3 Å². The van der Waals surface area contributed by atoms with E-state index in [0.29, 0.717) is 5.56 Å². The second-order valence-electron chi connectivity index (χ2n) is 7.22. The third kappa shape index (κ3) is 5.80. The number of nitrogens with one attached hydrogen (secondary N) is 3. The van der Waals surface area contributed by atoms with Crippen LogP contribution in [-0.4, -0.2) is 38.7 Å². The van der Waals surface area contributed by atoms with Gasteiger partial charge in [-0.05, 0) is 52.0 Å². The van der Waals surface area contributed by atoms with Crippen LogP contribution in [0.2, 0.25) is 0 Å². The molecule has 156 valence electrons. The highest BCUT2D eigenvalue weighted by atomic mass is 19.4. The largest absolute Gasteiger partial charge is 0.476 e. The lowest BCUT2D eigenvalue weighted by atomic mass is 10.1. The molecular formula is C18H20F3N5O3. The number of aromatic amines is 1. The molecule has 0 atom stereocenters. The Balaban J connectivity index is 2.32. The van der Waals surface area contributed by atoms with E-state index in [1.165, 1.54) is 6.92 Å². The van der Waals surface area contributed by atoms with Gasteiger partial charge in [0.25, 0.3) is 5.91 Å². The number of aromatic nitrogens is 2. The first-order valence-electron chi connectivity index (χ1n) is 8.41. The van der Waals surface area contributed by atoms with Crippen molar-refractivity contribution in [1.82, 2.24) is 15.5 Å². The molecule has 0 aliphatic carbocycles. The molecular weight excluding hydrogens is 391 g/mol. The van der Waals surface area contributed by atoms with Gasteiger partial charge in [0, 0.05) is 16.7 Å². The normalized spacial score (nSPS) is 12.6. The number of amides is 1. The number of alkyl halides is 3. The van der Waals surface area contributed by atoms with E-state index in [4.69, 9.17) is 5.11 Å². The van der Waals surface area contributed by atoms with E-state index < -0.39 is 29.2 Å². The summed E-state index contributed by atoms with van der Waals surface area (Å²) in [6, 6.07) is 3.66. The number of anilines is 1. The summed E-state index contributed by atoms with van der Waals surface area (Å²) in [6.45, 7) is 6.92. The Labute approximate surface area is 164 Å². The molecule has 29 heavy (non-hydrogen) atoms. The highest BCUT2D eigenvalue weighted by Gasteiger charge is 2.30. The SMILES string of the molecule is Cc1c(C(=O)O)n[nH]c1NC(=NC(=O)c1ccc(C(F)(F)F)cc1)NC(C)(C)C. The van der Waals surface area contributed by atoms with Crippen LogP contribution in [0.25, 0.3) is 0 Å². The Hall–Kier alpha value is -3.37. The fraction of sp³-hybridized carbons (Fsp3) is 0.333. The van der Waals surface area contributed by atoms with Crippen molar-refractivity contribution in [2.75, 3.05) is 5.32 Å². The van der Waals surface area contributed by atoms with Crippen molar-refractivity contribution in [1.29, 1.82) is 0 Å². The fourth-order valence-electron chi connectivity index (χ4n) is 2.26. The first-order chi connectivity index (χ1) is 13.3. The number of carboxylic acids is 1. The van der Waals surface area contributed by atoms with Crippen molar-refractivity contribution in [2.45, 2.75) is 39.4 Å². The molecule has 1 aromatic carbocycles. The summed E-state index contributed by atoms with van der Waals surface area (Å²) < 4.78 is 38.0. The summed E-state index contributed by atoms with van der Waals surface area (Å²) in [5.74, 6) is -1.83. The molecule has 11 heteroatoms. The van der Waals surface area contributed by atoms with Crippen LogP contribution in [0.3, 0.4) is 0 Å². The van der Waals surface area contributed by atoms with Crippen molar-refractivity contribution in [3.8, 4) is 0 Å². The van der Waals surface area contributed by atoms with Crippen LogP contribution in [0, 0.1) is 6.92 Å². The highest BCUT2D eigenvalue weighted by molar-refractivity contribution is 6.07. The van der Waals surface area contributed by atoms with Crippen LogP contribution in [0.5, 0.6) is 0 Å². The zero-order valence-electron chi connectivity index (χ0n) is 16.1. The van der Waals surface area contributed by atoms with Crippen molar-refractivity contribution < 1.29 is 27.9 Å². The summed E-state index contributed by atoms with van der Waals surface area (Å²) >= 11 is 0. The molecule has 2 rings (SSSR count). The summed E-state index contributed by atoms with van der Waals surface area (Å²) in [5, 5.41) is 21.0. The first-order valence-corrected chi connectivity index (χ1v) is 8.41. The number of carboxylic acid groups (broad SMARTS) is 1. The molecule has 1 heterocycles. The maximum absolute atomic E-state index is 12.7. The molecule has 0 spiro atoms. The molecule has 1 amide bonds. The second kappa shape index (κ2) is 7.94. The number of carbonyl (C=O) groups excluding carboxylic acids is 1. The molecule has 8 nitrogen and oxygen atoms in total. The third-order valence-corrected chi connectivity index (χ3v) is 3.62. The lowest BCUT2D eigenvalue weighted by Crippen LogP contribution is -2.44. The van der Waals surface area contributed by atoms with Gasteiger partial charge in [0.05, 0.1) is 5.56 Å². The fourth-order valence-corrected chi connectivity index (χ4v) is 2.26. The molecule has 0 bridgehead atoms. The number of carbonyl (C=O) groups is 2. The monoisotopic (exact) mass is 411 g/mol. The van der Waals surface area contributed by atoms with Gasteiger partial charge in [-0.15, -0.1) is 0 Å². The lowest BCUT2D eigenvalue weighted by molar-refractivity contribution is -0.137. The van der Waals surface area contributed by atoms with Gasteiger partial charge in [-0.25, -0.2) is 4.79 Å². The van der Waals surface area contributed by atoms with Gasteiger partial charge in [0.2, 0.25) is 5.96 Å². The number of rotatable bonds is 3. The van der Waals surface area contributed by atoms with Crippen LogP contribution < -0.4 is 10.6 Å². The predicted octanol–water partition coefficient (Wildman–Crippen LogP) is 3.43. The number of hydrogen-bond donors (Lipinski definition) is 4. The maximum Gasteiger partial charge on any atom is 0.416 e. The quantitative estimate of drug-likeness (QED) is 0.454. The van der Waals surface area contributed by atoms with Gasteiger partial charge in [0.15, 0.2) is 5.69 Å². The average molecular weight is 411 g/mol. The minimum absolute atomic E-state index is 0.0221. The number of halogens is 3. The number of benzene rings is 1. The third-order valence-electron chi connectivity index (χ3n) is 3.62. The topological polar surface area (TPSA) is 119 Å². The predicted molar refractivity (Wildman–Crippen MR) is 100 cm³/mol. The van der Waals surface area contributed by atoms with Crippen LogP contribution in [0.4, 0.5) is 19.0 Å². The van der Waals surface area contributed by atoms with Gasteiger partial charge in [-0.2, -0.15) is 23.3 Å². The maximum atomic E-state index is 12.7. The molecule has 0 aliphatic rings. The van der Waals surface area contributed by atoms with Crippen molar-refractivity contribution in [2.24, 2.45) is 4.99 Å². The van der Waals surface area contributed by atoms with E-state index >= 15 is 0 Å². The van der Waals surface area contributed by atoms with Crippen molar-refractivity contribution in [3.05, 3.63) is 46.6 Å². The zero-order chi connectivity index (χ0) is 22.0. The van der Waals surface area contributed by atoms with E-state index in [9.17, 15) is 22.8 Å². The summed E-state index contributed by atoms with van der Waals surface area (Å²) in [7, 11) is 0. The number of aromatic carboxylic acids is 1. The van der Waals surface area contributed by atoms with Gasteiger partial charge in [0.1, 0.15) is 5.82 Å². The standard InChI is InChI=1S/C18H20F3N5O3/c1-9-12(15(28)29)25-26-13(9)22-16(24-17(2,3)4)23-14(27)10-5-7-11(8-6-10)18(19,20)21/h5-8H,1-4H3,(H,28,29)(H3,22,23,24,25,26,27). The number of nitrogens with zero attached hydrogens (tertiary/aromatic N) is 2. The molecule has 0 saturated heterocycles. The first kappa shape index (κ1) is 21.9. The van der Waals surface area contributed by atoms with Crippen molar-refractivity contribution >= 4 is 23.7 Å². The summed E-state index contributed by atoms with van der Waals surface area (Å²) in [4.78, 5) is 27.4. The van der Waals surface area contributed by atoms with E-state index in [2.05, 4.69) is 25.8 Å².